The minimum atomic E-state index is -0.373. The maximum atomic E-state index is 5.87. The lowest BCUT2D eigenvalue weighted by Crippen LogP contribution is -2.41. The average Bonchev–Trinajstić information content (AvgIpc) is 2.64. The van der Waals surface area contributed by atoms with Crippen molar-refractivity contribution in [2.24, 2.45) is 0 Å². The van der Waals surface area contributed by atoms with Gasteiger partial charge in [-0.1, -0.05) is 19.8 Å². The molecule has 0 spiro atoms. The smallest absolute Gasteiger partial charge is 0.124 e. The molecule has 1 aliphatic heterocycles. The summed E-state index contributed by atoms with van der Waals surface area (Å²) in [6.07, 6.45) is 3.51. The third-order valence-corrected chi connectivity index (χ3v) is 4.14. The Bertz CT molecular complexity index is 438. The first-order chi connectivity index (χ1) is 9.86. The summed E-state index contributed by atoms with van der Waals surface area (Å²) in [5, 5.41) is 1.50. The van der Waals surface area contributed by atoms with Crippen LogP contribution in [-0.4, -0.2) is 17.8 Å². The van der Waals surface area contributed by atoms with Gasteiger partial charge in [0.15, 0.2) is 0 Å². The van der Waals surface area contributed by atoms with Crippen molar-refractivity contribution in [1.29, 1.82) is 0 Å². The molecule has 1 heterocycles. The Hall–Kier alpha value is -1.26. The lowest BCUT2D eigenvalue weighted by atomic mass is 9.90. The predicted molar refractivity (Wildman–Crippen MR) is 84.3 cm³/mol. The number of hydrogen-bond acceptors (Lipinski definition) is 4. The van der Waals surface area contributed by atoms with Gasteiger partial charge in [0, 0.05) is 0 Å². The molecule has 0 bridgehead atoms. The Balaban J connectivity index is 1.94. The summed E-state index contributed by atoms with van der Waals surface area (Å²) in [6.45, 7) is 11.1. The van der Waals surface area contributed by atoms with Gasteiger partial charge >= 0.3 is 0 Å². The third kappa shape index (κ3) is 3.69. The van der Waals surface area contributed by atoms with Gasteiger partial charge < -0.3 is 4.74 Å². The van der Waals surface area contributed by atoms with E-state index in [1.165, 1.54) is 18.1 Å². The molecule has 0 unspecified atom stereocenters. The minimum Gasteiger partial charge on any atom is -0.494 e. The molecule has 1 aromatic rings. The molecule has 118 valence electrons. The summed E-state index contributed by atoms with van der Waals surface area (Å²) in [4.78, 5) is 11.7. The first kappa shape index (κ1) is 16.1. The fraction of sp³-hybridized carbons (Fsp3) is 0.647. The SMILES string of the molecule is CCCCCOc1ccc(N2OC(C)(C)C(C)(C)O2)cc1. The molecule has 0 saturated carbocycles. The van der Waals surface area contributed by atoms with Crippen LogP contribution >= 0.6 is 0 Å². The molecule has 0 aliphatic carbocycles. The highest BCUT2D eigenvalue weighted by Crippen LogP contribution is 2.40. The molecule has 1 aromatic carbocycles. The Labute approximate surface area is 127 Å². The molecule has 21 heavy (non-hydrogen) atoms. The molecule has 4 heteroatoms. The maximum Gasteiger partial charge on any atom is 0.124 e. The van der Waals surface area contributed by atoms with E-state index in [0.717, 1.165) is 24.5 Å². The van der Waals surface area contributed by atoms with E-state index in [1.54, 1.807) is 0 Å². The first-order valence-electron chi connectivity index (χ1n) is 7.77. The summed E-state index contributed by atoms with van der Waals surface area (Å²) < 4.78 is 5.71. The average molecular weight is 293 g/mol. The lowest BCUT2D eigenvalue weighted by molar-refractivity contribution is -0.0273. The molecule has 0 amide bonds. The van der Waals surface area contributed by atoms with Gasteiger partial charge in [0.05, 0.1) is 12.3 Å². The maximum absolute atomic E-state index is 5.87. The molecule has 4 nitrogen and oxygen atoms in total. The summed E-state index contributed by atoms with van der Waals surface area (Å²) in [5.41, 5.74) is 0.125. The third-order valence-electron chi connectivity index (χ3n) is 4.14. The van der Waals surface area contributed by atoms with E-state index in [1.807, 2.05) is 52.0 Å². The van der Waals surface area contributed by atoms with E-state index in [9.17, 15) is 0 Å². The lowest BCUT2D eigenvalue weighted by Gasteiger charge is -2.26. The standard InChI is InChI=1S/C17H27NO3/c1-6-7-8-13-19-15-11-9-14(10-12-15)18-20-16(2,3)17(4,5)21-18/h9-12H,6-8,13H2,1-5H3. The van der Waals surface area contributed by atoms with E-state index in [4.69, 9.17) is 14.4 Å². The summed E-state index contributed by atoms with van der Waals surface area (Å²) in [5.74, 6) is 0.882. The molecular weight excluding hydrogens is 266 g/mol. The normalized spacial score (nSPS) is 19.8. The Morgan fingerprint density at radius 2 is 1.52 bits per heavy atom. The van der Waals surface area contributed by atoms with Crippen LogP contribution in [0.5, 0.6) is 5.75 Å². The number of anilines is 1. The number of rotatable bonds is 6. The van der Waals surface area contributed by atoms with Crippen molar-refractivity contribution in [1.82, 2.24) is 0 Å². The first-order valence-corrected chi connectivity index (χ1v) is 7.77. The highest BCUT2D eigenvalue weighted by atomic mass is 17.0. The molecule has 1 saturated heterocycles. The zero-order valence-corrected chi connectivity index (χ0v) is 13.8. The number of nitrogens with zero attached hydrogens (tertiary/aromatic N) is 1. The van der Waals surface area contributed by atoms with E-state index in [0.29, 0.717) is 0 Å². The van der Waals surface area contributed by atoms with Gasteiger partial charge in [-0.2, -0.15) is 0 Å². The van der Waals surface area contributed by atoms with Crippen molar-refractivity contribution >= 4 is 5.69 Å². The van der Waals surface area contributed by atoms with Crippen LogP contribution in [0.1, 0.15) is 53.9 Å². The van der Waals surface area contributed by atoms with Gasteiger partial charge in [0.25, 0.3) is 0 Å². The zero-order chi connectivity index (χ0) is 15.5. The largest absolute Gasteiger partial charge is 0.494 e. The molecular formula is C17H27NO3. The van der Waals surface area contributed by atoms with Crippen LogP contribution in [0.25, 0.3) is 0 Å². The number of hydrogen-bond donors (Lipinski definition) is 0. The van der Waals surface area contributed by atoms with Crippen LogP contribution in [0.4, 0.5) is 5.69 Å². The van der Waals surface area contributed by atoms with Crippen LogP contribution < -0.4 is 9.96 Å². The predicted octanol–water partition coefficient (Wildman–Crippen LogP) is 4.50. The van der Waals surface area contributed by atoms with Crippen molar-refractivity contribution in [2.75, 3.05) is 11.8 Å². The molecule has 2 rings (SSSR count). The molecule has 0 radical (unpaired) electrons. The van der Waals surface area contributed by atoms with E-state index < -0.39 is 0 Å². The monoisotopic (exact) mass is 293 g/mol. The van der Waals surface area contributed by atoms with Gasteiger partial charge in [-0.25, -0.2) is 9.68 Å². The van der Waals surface area contributed by atoms with E-state index >= 15 is 0 Å². The Kier molecular flexibility index (Phi) is 4.79. The summed E-state index contributed by atoms with van der Waals surface area (Å²) in [6, 6.07) is 7.80. The van der Waals surface area contributed by atoms with Crippen molar-refractivity contribution in [2.45, 2.75) is 65.1 Å². The Morgan fingerprint density at radius 3 is 2.05 bits per heavy atom. The van der Waals surface area contributed by atoms with E-state index in [-0.39, 0.29) is 11.2 Å². The molecule has 1 fully saturated rings. The van der Waals surface area contributed by atoms with Crippen LogP contribution in [-0.2, 0) is 9.68 Å². The molecule has 0 aromatic heterocycles. The van der Waals surface area contributed by atoms with Crippen molar-refractivity contribution < 1.29 is 14.4 Å². The van der Waals surface area contributed by atoms with Crippen LogP contribution in [0.2, 0.25) is 0 Å². The molecule has 0 N–H and O–H groups in total. The minimum absolute atomic E-state index is 0.373. The molecule has 0 atom stereocenters. The van der Waals surface area contributed by atoms with E-state index in [2.05, 4.69) is 6.92 Å². The number of ether oxygens (including phenoxy) is 1. The highest BCUT2D eigenvalue weighted by molar-refractivity contribution is 5.46. The zero-order valence-electron chi connectivity index (χ0n) is 13.8. The fourth-order valence-corrected chi connectivity index (χ4v) is 1.96. The second kappa shape index (κ2) is 6.24. The Morgan fingerprint density at radius 1 is 0.952 bits per heavy atom. The number of unbranched alkanes of at least 4 members (excludes halogenated alkanes) is 2. The topological polar surface area (TPSA) is 30.9 Å². The van der Waals surface area contributed by atoms with Crippen molar-refractivity contribution in [3.63, 3.8) is 0 Å². The molecule has 1 aliphatic rings. The van der Waals surface area contributed by atoms with Crippen LogP contribution in [0, 0.1) is 0 Å². The second-order valence-corrected chi connectivity index (χ2v) is 6.51. The fourth-order valence-electron chi connectivity index (χ4n) is 1.96. The van der Waals surface area contributed by atoms with Gasteiger partial charge in [-0.15, -0.1) is 5.23 Å². The quantitative estimate of drug-likeness (QED) is 0.723. The second-order valence-electron chi connectivity index (χ2n) is 6.51. The van der Waals surface area contributed by atoms with Crippen molar-refractivity contribution in [3.8, 4) is 5.75 Å². The van der Waals surface area contributed by atoms with Crippen molar-refractivity contribution in [3.05, 3.63) is 24.3 Å². The highest BCUT2D eigenvalue weighted by Gasteiger charge is 2.50. The summed E-state index contributed by atoms with van der Waals surface area (Å²) in [7, 11) is 0. The summed E-state index contributed by atoms with van der Waals surface area (Å²) >= 11 is 0. The van der Waals surface area contributed by atoms with Crippen LogP contribution in [0.3, 0.4) is 0 Å². The van der Waals surface area contributed by atoms with Crippen LogP contribution in [0.15, 0.2) is 24.3 Å². The van der Waals surface area contributed by atoms with Gasteiger partial charge in [0.1, 0.15) is 17.0 Å². The van der Waals surface area contributed by atoms with Gasteiger partial charge in [-0.3, -0.25) is 0 Å². The van der Waals surface area contributed by atoms with Gasteiger partial charge in [-0.05, 0) is 58.4 Å². The van der Waals surface area contributed by atoms with Gasteiger partial charge in [0.2, 0.25) is 0 Å². The number of benzene rings is 1.